The van der Waals surface area contributed by atoms with Gasteiger partial charge in [0.05, 0.1) is 6.61 Å². The van der Waals surface area contributed by atoms with Crippen molar-refractivity contribution in [2.45, 2.75) is 19.4 Å². The smallest absolute Gasteiger partial charge is 0.125 e. The molecule has 1 aromatic rings. The van der Waals surface area contributed by atoms with Gasteiger partial charge in [-0.05, 0) is 38.6 Å². The van der Waals surface area contributed by atoms with Crippen LogP contribution in [0, 0.1) is 11.7 Å². The summed E-state index contributed by atoms with van der Waals surface area (Å²) in [5.41, 5.74) is 0.946. The maximum atomic E-state index is 13.3. The molecule has 1 aliphatic heterocycles. The van der Waals surface area contributed by atoms with E-state index in [-0.39, 0.29) is 5.82 Å². The van der Waals surface area contributed by atoms with Gasteiger partial charge in [0.2, 0.25) is 0 Å². The van der Waals surface area contributed by atoms with Gasteiger partial charge in [-0.25, -0.2) is 4.39 Å². The molecule has 0 spiro atoms. The standard InChI is InChI=1S/C15H23FN2O/c1-3-18(14-6-4-5-13(16)9-14)10-15(17-2)12-7-8-19-11-12/h4-6,9,12,15,17H,3,7-8,10-11H2,1-2H3. The van der Waals surface area contributed by atoms with Crippen LogP contribution in [-0.4, -0.2) is 39.4 Å². The van der Waals surface area contributed by atoms with E-state index in [0.717, 1.165) is 38.4 Å². The topological polar surface area (TPSA) is 24.5 Å². The van der Waals surface area contributed by atoms with E-state index in [0.29, 0.717) is 12.0 Å². The Bertz CT molecular complexity index is 393. The fourth-order valence-electron chi connectivity index (χ4n) is 2.67. The molecule has 0 aliphatic carbocycles. The van der Waals surface area contributed by atoms with Crippen molar-refractivity contribution in [3.63, 3.8) is 0 Å². The van der Waals surface area contributed by atoms with Crippen LogP contribution in [0.1, 0.15) is 13.3 Å². The summed E-state index contributed by atoms with van der Waals surface area (Å²) in [6.07, 6.45) is 1.10. The Hall–Kier alpha value is -1.13. The van der Waals surface area contributed by atoms with Crippen LogP contribution >= 0.6 is 0 Å². The lowest BCUT2D eigenvalue weighted by Crippen LogP contribution is -2.44. The van der Waals surface area contributed by atoms with Crippen LogP contribution in [-0.2, 0) is 4.74 Å². The van der Waals surface area contributed by atoms with Crippen LogP contribution in [0.3, 0.4) is 0 Å². The highest BCUT2D eigenvalue weighted by Crippen LogP contribution is 2.21. The molecular weight excluding hydrogens is 243 g/mol. The Labute approximate surface area is 114 Å². The highest BCUT2D eigenvalue weighted by molar-refractivity contribution is 5.46. The van der Waals surface area contributed by atoms with Gasteiger partial charge >= 0.3 is 0 Å². The first-order valence-electron chi connectivity index (χ1n) is 7.00. The Kier molecular flexibility index (Phi) is 5.16. The number of hydrogen-bond donors (Lipinski definition) is 1. The summed E-state index contributed by atoms with van der Waals surface area (Å²) in [5.74, 6) is 0.369. The third-order valence-electron chi connectivity index (χ3n) is 3.88. The molecule has 1 heterocycles. The summed E-state index contributed by atoms with van der Waals surface area (Å²) in [6.45, 7) is 5.53. The predicted molar refractivity (Wildman–Crippen MR) is 76.1 cm³/mol. The zero-order valence-electron chi connectivity index (χ0n) is 11.7. The molecule has 0 aromatic heterocycles. The number of anilines is 1. The average Bonchev–Trinajstić information content (AvgIpc) is 2.94. The minimum atomic E-state index is -0.179. The lowest BCUT2D eigenvalue weighted by Gasteiger charge is -2.31. The second-order valence-corrected chi connectivity index (χ2v) is 5.04. The van der Waals surface area contributed by atoms with Gasteiger partial charge in [0, 0.05) is 37.3 Å². The Morgan fingerprint density at radius 2 is 2.37 bits per heavy atom. The van der Waals surface area contributed by atoms with Crippen LogP contribution in [0.5, 0.6) is 0 Å². The van der Waals surface area contributed by atoms with Gasteiger partial charge in [-0.2, -0.15) is 0 Å². The van der Waals surface area contributed by atoms with Crippen molar-refractivity contribution in [2.75, 3.05) is 38.3 Å². The highest BCUT2D eigenvalue weighted by atomic mass is 19.1. The summed E-state index contributed by atoms with van der Waals surface area (Å²) in [4.78, 5) is 2.21. The number of rotatable bonds is 6. The van der Waals surface area contributed by atoms with Gasteiger partial charge < -0.3 is 15.0 Å². The summed E-state index contributed by atoms with van der Waals surface area (Å²) in [5, 5.41) is 3.38. The predicted octanol–water partition coefficient (Wildman–Crippen LogP) is 2.28. The molecule has 3 nitrogen and oxygen atoms in total. The van der Waals surface area contributed by atoms with Gasteiger partial charge in [0.25, 0.3) is 0 Å². The molecule has 1 saturated heterocycles. The van der Waals surface area contributed by atoms with E-state index in [9.17, 15) is 4.39 Å². The average molecular weight is 266 g/mol. The molecular formula is C15H23FN2O. The molecule has 1 N–H and O–H groups in total. The Morgan fingerprint density at radius 1 is 1.53 bits per heavy atom. The van der Waals surface area contributed by atoms with Crippen LogP contribution in [0.15, 0.2) is 24.3 Å². The van der Waals surface area contributed by atoms with Crippen molar-refractivity contribution >= 4 is 5.69 Å². The number of nitrogens with one attached hydrogen (secondary N) is 1. The zero-order chi connectivity index (χ0) is 13.7. The monoisotopic (exact) mass is 266 g/mol. The van der Waals surface area contributed by atoms with Crippen LogP contribution in [0.4, 0.5) is 10.1 Å². The SMILES string of the molecule is CCN(CC(NC)C1CCOC1)c1cccc(F)c1. The summed E-state index contributed by atoms with van der Waals surface area (Å²) in [6, 6.07) is 7.19. The van der Waals surface area contributed by atoms with E-state index in [4.69, 9.17) is 4.74 Å². The lowest BCUT2D eigenvalue weighted by atomic mass is 9.98. The van der Waals surface area contributed by atoms with Gasteiger partial charge in [0.1, 0.15) is 5.82 Å². The molecule has 1 fully saturated rings. The quantitative estimate of drug-likeness (QED) is 0.855. The first-order valence-corrected chi connectivity index (χ1v) is 7.00. The first-order chi connectivity index (χ1) is 9.24. The fourth-order valence-corrected chi connectivity index (χ4v) is 2.67. The second kappa shape index (κ2) is 6.87. The lowest BCUT2D eigenvalue weighted by molar-refractivity contribution is 0.178. The molecule has 0 bridgehead atoms. The van der Waals surface area contributed by atoms with Crippen molar-refractivity contribution < 1.29 is 9.13 Å². The molecule has 0 amide bonds. The normalized spacial score (nSPS) is 20.5. The molecule has 0 saturated carbocycles. The number of benzene rings is 1. The van der Waals surface area contributed by atoms with Gasteiger partial charge in [-0.1, -0.05) is 6.07 Å². The largest absolute Gasteiger partial charge is 0.381 e. The zero-order valence-corrected chi connectivity index (χ0v) is 11.7. The van der Waals surface area contributed by atoms with Crippen molar-refractivity contribution in [1.82, 2.24) is 5.32 Å². The van der Waals surface area contributed by atoms with E-state index in [2.05, 4.69) is 17.1 Å². The molecule has 19 heavy (non-hydrogen) atoms. The number of ether oxygens (including phenoxy) is 1. The molecule has 2 unspecified atom stereocenters. The minimum absolute atomic E-state index is 0.179. The van der Waals surface area contributed by atoms with Crippen molar-refractivity contribution in [1.29, 1.82) is 0 Å². The van der Waals surface area contributed by atoms with Gasteiger partial charge in [-0.15, -0.1) is 0 Å². The van der Waals surface area contributed by atoms with Crippen LogP contribution in [0.25, 0.3) is 0 Å². The third-order valence-corrected chi connectivity index (χ3v) is 3.88. The van der Waals surface area contributed by atoms with Crippen molar-refractivity contribution in [2.24, 2.45) is 5.92 Å². The Balaban J connectivity index is 2.04. The molecule has 2 rings (SSSR count). The fraction of sp³-hybridized carbons (Fsp3) is 0.600. The van der Waals surface area contributed by atoms with E-state index < -0.39 is 0 Å². The van der Waals surface area contributed by atoms with E-state index in [1.54, 1.807) is 12.1 Å². The maximum Gasteiger partial charge on any atom is 0.125 e. The number of hydrogen-bond acceptors (Lipinski definition) is 3. The summed E-state index contributed by atoms with van der Waals surface area (Å²) in [7, 11) is 1.99. The number of halogens is 1. The summed E-state index contributed by atoms with van der Waals surface area (Å²) >= 11 is 0. The molecule has 4 heteroatoms. The molecule has 0 radical (unpaired) electrons. The molecule has 1 aromatic carbocycles. The van der Waals surface area contributed by atoms with E-state index >= 15 is 0 Å². The first kappa shape index (κ1) is 14.3. The van der Waals surface area contributed by atoms with Crippen LogP contribution < -0.4 is 10.2 Å². The van der Waals surface area contributed by atoms with Crippen molar-refractivity contribution in [3.05, 3.63) is 30.1 Å². The van der Waals surface area contributed by atoms with Crippen molar-refractivity contribution in [3.8, 4) is 0 Å². The second-order valence-electron chi connectivity index (χ2n) is 5.04. The molecule has 1 aliphatic rings. The Morgan fingerprint density at radius 3 is 2.95 bits per heavy atom. The highest BCUT2D eigenvalue weighted by Gasteiger charge is 2.26. The molecule has 2 atom stereocenters. The minimum Gasteiger partial charge on any atom is -0.381 e. The number of nitrogens with zero attached hydrogens (tertiary/aromatic N) is 1. The van der Waals surface area contributed by atoms with Gasteiger partial charge in [-0.3, -0.25) is 0 Å². The third kappa shape index (κ3) is 3.67. The van der Waals surface area contributed by atoms with E-state index in [1.165, 1.54) is 6.07 Å². The maximum absolute atomic E-state index is 13.3. The summed E-state index contributed by atoms with van der Waals surface area (Å²) < 4.78 is 18.8. The van der Waals surface area contributed by atoms with Crippen LogP contribution in [0.2, 0.25) is 0 Å². The van der Waals surface area contributed by atoms with E-state index in [1.807, 2.05) is 13.1 Å². The molecule has 106 valence electrons. The van der Waals surface area contributed by atoms with Gasteiger partial charge in [0.15, 0.2) is 0 Å². The number of likely N-dealkylation sites (N-methyl/N-ethyl adjacent to an activating group) is 2.